The van der Waals surface area contributed by atoms with E-state index >= 15 is 0 Å². The summed E-state index contributed by atoms with van der Waals surface area (Å²) in [6.07, 6.45) is 4.93. The SMILES string of the molecule is N=C(N)c1cc(F)c(N(CCO)C2CCCCC2)c(F)c1. The Morgan fingerprint density at radius 3 is 2.29 bits per heavy atom. The minimum atomic E-state index is -0.737. The zero-order chi connectivity index (χ0) is 15.4. The largest absolute Gasteiger partial charge is 0.395 e. The van der Waals surface area contributed by atoms with E-state index in [0.29, 0.717) is 0 Å². The minimum absolute atomic E-state index is 0.0290. The lowest BCUT2D eigenvalue weighted by molar-refractivity contribution is 0.288. The van der Waals surface area contributed by atoms with Gasteiger partial charge < -0.3 is 15.7 Å². The Kier molecular flexibility index (Phi) is 5.12. The first kappa shape index (κ1) is 15.7. The van der Waals surface area contributed by atoms with Gasteiger partial charge in [0, 0.05) is 18.2 Å². The molecule has 0 bridgehead atoms. The van der Waals surface area contributed by atoms with Crippen LogP contribution in [0.1, 0.15) is 37.7 Å². The number of nitrogens with zero attached hydrogens (tertiary/aromatic N) is 1. The molecule has 0 amide bonds. The van der Waals surface area contributed by atoms with Crippen LogP contribution >= 0.6 is 0 Å². The van der Waals surface area contributed by atoms with E-state index in [1.807, 2.05) is 0 Å². The highest BCUT2D eigenvalue weighted by Gasteiger charge is 2.26. The number of aliphatic hydroxyl groups excluding tert-OH is 1. The van der Waals surface area contributed by atoms with Gasteiger partial charge in [0.2, 0.25) is 0 Å². The molecule has 2 rings (SSSR count). The number of benzene rings is 1. The molecule has 0 aromatic heterocycles. The molecular weight excluding hydrogens is 276 g/mol. The molecule has 6 heteroatoms. The van der Waals surface area contributed by atoms with Gasteiger partial charge in [-0.3, -0.25) is 5.41 Å². The van der Waals surface area contributed by atoms with Crippen LogP contribution in [-0.2, 0) is 0 Å². The Morgan fingerprint density at radius 2 is 1.81 bits per heavy atom. The van der Waals surface area contributed by atoms with Gasteiger partial charge in [-0.2, -0.15) is 0 Å². The summed E-state index contributed by atoms with van der Waals surface area (Å²) in [5, 5.41) is 16.5. The second kappa shape index (κ2) is 6.85. The van der Waals surface area contributed by atoms with Gasteiger partial charge >= 0.3 is 0 Å². The van der Waals surface area contributed by atoms with Crippen LogP contribution in [-0.4, -0.2) is 30.1 Å². The van der Waals surface area contributed by atoms with Crippen molar-refractivity contribution in [1.29, 1.82) is 5.41 Å². The highest BCUT2D eigenvalue weighted by Crippen LogP contribution is 2.31. The van der Waals surface area contributed by atoms with Crippen molar-refractivity contribution in [3.63, 3.8) is 0 Å². The van der Waals surface area contributed by atoms with Crippen LogP contribution in [0.15, 0.2) is 12.1 Å². The standard InChI is InChI=1S/C15H21F2N3O/c16-12-8-10(15(18)19)9-13(17)14(12)20(6-7-21)11-4-2-1-3-5-11/h8-9,11,21H,1-7H2,(H3,18,19). The van der Waals surface area contributed by atoms with Gasteiger partial charge in [-0.1, -0.05) is 19.3 Å². The Morgan fingerprint density at radius 1 is 1.24 bits per heavy atom. The third-order valence-electron chi connectivity index (χ3n) is 3.97. The van der Waals surface area contributed by atoms with Gasteiger partial charge in [0.25, 0.3) is 0 Å². The van der Waals surface area contributed by atoms with Crippen molar-refractivity contribution in [1.82, 2.24) is 0 Å². The van der Waals surface area contributed by atoms with Gasteiger partial charge in [0.15, 0.2) is 0 Å². The van der Waals surface area contributed by atoms with E-state index in [1.165, 1.54) is 0 Å². The second-order valence-electron chi connectivity index (χ2n) is 5.41. The third kappa shape index (κ3) is 3.50. The van der Waals surface area contributed by atoms with Crippen LogP contribution in [0.5, 0.6) is 0 Å². The van der Waals surface area contributed by atoms with Gasteiger partial charge in [0.1, 0.15) is 23.2 Å². The summed E-state index contributed by atoms with van der Waals surface area (Å²) in [7, 11) is 0. The number of aliphatic hydroxyl groups is 1. The smallest absolute Gasteiger partial charge is 0.150 e. The van der Waals surface area contributed by atoms with Crippen molar-refractivity contribution >= 4 is 11.5 Å². The molecule has 1 saturated carbocycles. The average molecular weight is 297 g/mol. The molecule has 4 nitrogen and oxygen atoms in total. The molecule has 1 aliphatic carbocycles. The fraction of sp³-hybridized carbons (Fsp3) is 0.533. The van der Waals surface area contributed by atoms with Crippen LogP contribution in [0.4, 0.5) is 14.5 Å². The lowest BCUT2D eigenvalue weighted by atomic mass is 9.93. The maximum absolute atomic E-state index is 14.3. The molecular formula is C15H21F2N3O. The fourth-order valence-corrected chi connectivity index (χ4v) is 2.97. The van der Waals surface area contributed by atoms with Gasteiger partial charge in [-0.25, -0.2) is 8.78 Å². The first-order chi connectivity index (χ1) is 10.0. The van der Waals surface area contributed by atoms with Crippen molar-refractivity contribution in [3.8, 4) is 0 Å². The predicted molar refractivity (Wildman–Crippen MR) is 78.7 cm³/mol. The molecule has 0 radical (unpaired) electrons. The molecule has 0 saturated heterocycles. The van der Waals surface area contributed by atoms with Gasteiger partial charge in [0.05, 0.1) is 6.61 Å². The molecule has 0 atom stereocenters. The number of nitrogens with one attached hydrogen (secondary N) is 1. The Labute approximate surface area is 123 Å². The van der Waals surface area contributed by atoms with E-state index in [2.05, 4.69) is 0 Å². The second-order valence-corrected chi connectivity index (χ2v) is 5.41. The highest BCUT2D eigenvalue weighted by atomic mass is 19.1. The normalized spacial score (nSPS) is 16.0. The number of hydrogen-bond acceptors (Lipinski definition) is 3. The summed E-state index contributed by atoms with van der Waals surface area (Å²) in [6, 6.07) is 2.19. The van der Waals surface area contributed by atoms with Crippen LogP contribution in [0.3, 0.4) is 0 Å². The number of halogens is 2. The number of amidine groups is 1. The molecule has 1 aromatic rings. The Balaban J connectivity index is 2.37. The van der Waals surface area contributed by atoms with Crippen LogP contribution in [0, 0.1) is 17.0 Å². The summed E-state index contributed by atoms with van der Waals surface area (Å²) >= 11 is 0. The molecule has 4 N–H and O–H groups in total. The monoisotopic (exact) mass is 297 g/mol. The Bertz CT molecular complexity index is 493. The van der Waals surface area contributed by atoms with E-state index < -0.39 is 11.6 Å². The zero-order valence-corrected chi connectivity index (χ0v) is 11.9. The Hall–Kier alpha value is -1.69. The van der Waals surface area contributed by atoms with Crippen LogP contribution in [0.2, 0.25) is 0 Å². The van der Waals surface area contributed by atoms with E-state index in [-0.39, 0.29) is 36.3 Å². The van der Waals surface area contributed by atoms with Gasteiger partial charge in [-0.15, -0.1) is 0 Å². The molecule has 0 unspecified atom stereocenters. The van der Waals surface area contributed by atoms with E-state index in [4.69, 9.17) is 11.1 Å². The summed E-state index contributed by atoms with van der Waals surface area (Å²) in [5.74, 6) is -1.84. The van der Waals surface area contributed by atoms with Gasteiger partial charge in [-0.05, 0) is 25.0 Å². The van der Waals surface area contributed by atoms with Crippen LogP contribution in [0.25, 0.3) is 0 Å². The van der Waals surface area contributed by atoms with Crippen molar-refractivity contribution in [2.75, 3.05) is 18.1 Å². The molecule has 0 aliphatic heterocycles. The molecule has 1 aliphatic rings. The number of anilines is 1. The fourth-order valence-electron chi connectivity index (χ4n) is 2.97. The number of hydrogen-bond donors (Lipinski definition) is 3. The molecule has 0 spiro atoms. The van der Waals surface area contributed by atoms with E-state index in [9.17, 15) is 13.9 Å². The molecule has 1 fully saturated rings. The summed E-state index contributed by atoms with van der Waals surface area (Å²) in [4.78, 5) is 1.62. The molecule has 21 heavy (non-hydrogen) atoms. The maximum atomic E-state index is 14.3. The molecule has 0 heterocycles. The third-order valence-corrected chi connectivity index (χ3v) is 3.97. The average Bonchev–Trinajstić information content (AvgIpc) is 2.46. The first-order valence-corrected chi connectivity index (χ1v) is 7.25. The van der Waals surface area contributed by atoms with Crippen LogP contribution < -0.4 is 10.6 Å². The van der Waals surface area contributed by atoms with Crippen molar-refractivity contribution in [2.45, 2.75) is 38.1 Å². The summed E-state index contributed by atoms with van der Waals surface area (Å²) in [6.45, 7) is 0.0295. The lowest BCUT2D eigenvalue weighted by Crippen LogP contribution is -2.40. The van der Waals surface area contributed by atoms with E-state index in [1.54, 1.807) is 4.90 Å². The van der Waals surface area contributed by atoms with Crippen molar-refractivity contribution < 1.29 is 13.9 Å². The topological polar surface area (TPSA) is 73.3 Å². The molecule has 116 valence electrons. The van der Waals surface area contributed by atoms with Crippen molar-refractivity contribution in [2.24, 2.45) is 5.73 Å². The highest BCUT2D eigenvalue weighted by molar-refractivity contribution is 5.95. The predicted octanol–water partition coefficient (Wildman–Crippen LogP) is 2.38. The summed E-state index contributed by atoms with van der Waals surface area (Å²) < 4.78 is 28.6. The number of rotatable bonds is 5. The van der Waals surface area contributed by atoms with E-state index in [0.717, 1.165) is 44.2 Å². The minimum Gasteiger partial charge on any atom is -0.395 e. The summed E-state index contributed by atoms with van der Waals surface area (Å²) in [5.41, 5.74) is 5.18. The van der Waals surface area contributed by atoms with Crippen molar-refractivity contribution in [3.05, 3.63) is 29.3 Å². The first-order valence-electron chi connectivity index (χ1n) is 7.25. The quantitative estimate of drug-likeness (QED) is 0.577. The molecule has 1 aromatic carbocycles. The maximum Gasteiger partial charge on any atom is 0.150 e. The number of nitrogen functional groups attached to an aromatic ring is 1. The lowest BCUT2D eigenvalue weighted by Gasteiger charge is -2.36. The zero-order valence-electron chi connectivity index (χ0n) is 11.9. The number of nitrogens with two attached hydrogens (primary N) is 1.